The van der Waals surface area contributed by atoms with Gasteiger partial charge in [0, 0.05) is 48.9 Å². The number of ether oxygens (including phenoxy) is 1. The van der Waals surface area contributed by atoms with E-state index in [4.69, 9.17) is 4.74 Å². The molecule has 1 aromatic heterocycles. The largest absolute Gasteiger partial charge is 0.444 e. The van der Waals surface area contributed by atoms with E-state index in [9.17, 15) is 4.79 Å². The zero-order valence-electron chi connectivity index (χ0n) is 17.6. The monoisotopic (exact) mass is 396 g/mol. The van der Waals surface area contributed by atoms with Gasteiger partial charge in [0.25, 0.3) is 0 Å². The van der Waals surface area contributed by atoms with Crippen LogP contribution in [0.5, 0.6) is 0 Å². The molecule has 1 amide bonds. The molecule has 0 spiro atoms. The third-order valence-corrected chi connectivity index (χ3v) is 5.85. The average Bonchev–Trinajstić information content (AvgIpc) is 3.57. The lowest BCUT2D eigenvalue weighted by molar-refractivity contribution is 0.0187. The molecule has 1 heterocycles. The van der Waals surface area contributed by atoms with E-state index < -0.39 is 5.60 Å². The molecule has 0 saturated heterocycles. The zero-order valence-corrected chi connectivity index (χ0v) is 17.6. The number of hydrogen-bond acceptors (Lipinski definition) is 4. The maximum absolute atomic E-state index is 13.1. The van der Waals surface area contributed by atoms with Crippen LogP contribution in [0.2, 0.25) is 0 Å². The molecule has 2 N–H and O–H groups in total. The Morgan fingerprint density at radius 1 is 1.31 bits per heavy atom. The lowest BCUT2D eigenvalue weighted by Gasteiger charge is -2.31. The summed E-state index contributed by atoms with van der Waals surface area (Å²) in [6.45, 7) is 8.22. The van der Waals surface area contributed by atoms with E-state index in [1.54, 1.807) is 6.33 Å². The molecule has 2 aliphatic carbocycles. The van der Waals surface area contributed by atoms with Crippen molar-refractivity contribution in [3.8, 4) is 0 Å². The van der Waals surface area contributed by atoms with E-state index in [0.717, 1.165) is 44.6 Å². The number of rotatable bonds is 8. The second kappa shape index (κ2) is 7.82. The van der Waals surface area contributed by atoms with Crippen LogP contribution in [0.3, 0.4) is 0 Å². The Bertz CT molecular complexity index is 809. The molecule has 1 unspecified atom stereocenters. The van der Waals surface area contributed by atoms with Crippen LogP contribution in [0.4, 0.5) is 4.79 Å². The average molecular weight is 397 g/mol. The number of nitrogens with one attached hydrogen (secondary N) is 2. The quantitative estimate of drug-likeness (QED) is 0.706. The first-order chi connectivity index (χ1) is 13.9. The van der Waals surface area contributed by atoms with Gasteiger partial charge in [-0.15, -0.1) is 0 Å². The van der Waals surface area contributed by atoms with Crippen LogP contribution in [-0.2, 0) is 11.3 Å². The van der Waals surface area contributed by atoms with Crippen LogP contribution < -0.4 is 5.32 Å². The van der Waals surface area contributed by atoms with E-state index in [-0.39, 0.29) is 17.6 Å². The predicted octanol–water partition coefficient (Wildman–Crippen LogP) is 4.07. The molecule has 2 saturated carbocycles. The molecular weight excluding hydrogens is 364 g/mol. The van der Waals surface area contributed by atoms with Crippen molar-refractivity contribution in [3.05, 3.63) is 54.1 Å². The van der Waals surface area contributed by atoms with Crippen LogP contribution in [0.15, 0.2) is 42.9 Å². The van der Waals surface area contributed by atoms with Crippen molar-refractivity contribution in [2.24, 2.45) is 5.41 Å². The Hall–Kier alpha value is -2.34. The number of H-pyrrole nitrogens is 1. The van der Waals surface area contributed by atoms with E-state index in [1.165, 1.54) is 5.56 Å². The van der Waals surface area contributed by atoms with Crippen LogP contribution >= 0.6 is 0 Å². The maximum Gasteiger partial charge on any atom is 0.410 e. The Labute approximate surface area is 173 Å². The maximum atomic E-state index is 13.1. The van der Waals surface area contributed by atoms with Gasteiger partial charge in [0.1, 0.15) is 5.60 Å². The molecular formula is C23H32N4O2. The molecule has 0 radical (unpaired) electrons. The lowest BCUT2D eigenvalue weighted by Crippen LogP contribution is -2.44. The van der Waals surface area contributed by atoms with E-state index in [0.29, 0.717) is 5.92 Å². The molecule has 6 heteroatoms. The van der Waals surface area contributed by atoms with Gasteiger partial charge in [0.05, 0.1) is 6.33 Å². The van der Waals surface area contributed by atoms with E-state index >= 15 is 0 Å². The van der Waals surface area contributed by atoms with Crippen molar-refractivity contribution in [2.45, 2.75) is 64.1 Å². The van der Waals surface area contributed by atoms with Gasteiger partial charge in [-0.25, -0.2) is 9.78 Å². The molecule has 6 nitrogen and oxygen atoms in total. The summed E-state index contributed by atoms with van der Waals surface area (Å²) in [7, 11) is 0. The fraction of sp³-hybridized carbons (Fsp3) is 0.565. The summed E-state index contributed by atoms with van der Waals surface area (Å²) in [4.78, 5) is 22.2. The molecule has 2 aliphatic rings. The summed E-state index contributed by atoms with van der Waals surface area (Å²) in [5.41, 5.74) is 2.06. The van der Waals surface area contributed by atoms with E-state index in [2.05, 4.69) is 39.6 Å². The summed E-state index contributed by atoms with van der Waals surface area (Å²) in [5.74, 6) is 0.414. The topological polar surface area (TPSA) is 70.2 Å². The second-order valence-electron chi connectivity index (χ2n) is 9.61. The highest BCUT2D eigenvalue weighted by Crippen LogP contribution is 2.51. The van der Waals surface area contributed by atoms with Gasteiger partial charge in [0.2, 0.25) is 0 Å². The molecule has 156 valence electrons. The molecule has 0 aliphatic heterocycles. The number of hydrogen-bond donors (Lipinski definition) is 2. The summed E-state index contributed by atoms with van der Waals surface area (Å²) in [6, 6.07) is 10.7. The highest BCUT2D eigenvalue weighted by atomic mass is 16.6. The number of carbonyl (C=O) groups is 1. The first-order valence-electron chi connectivity index (χ1n) is 10.6. The van der Waals surface area contributed by atoms with Gasteiger partial charge < -0.3 is 19.9 Å². The minimum atomic E-state index is -0.484. The Morgan fingerprint density at radius 3 is 2.69 bits per heavy atom. The Balaban J connectivity index is 1.41. The van der Waals surface area contributed by atoms with Crippen LogP contribution in [-0.4, -0.2) is 45.7 Å². The lowest BCUT2D eigenvalue weighted by atomic mass is 10.1. The Kier molecular flexibility index (Phi) is 5.38. The smallest absolute Gasteiger partial charge is 0.410 e. The van der Waals surface area contributed by atoms with Crippen LogP contribution in [0, 0.1) is 5.41 Å². The number of benzene rings is 1. The number of amides is 1. The third-order valence-electron chi connectivity index (χ3n) is 5.85. The van der Waals surface area contributed by atoms with Crippen molar-refractivity contribution in [3.63, 3.8) is 0 Å². The van der Waals surface area contributed by atoms with Crippen LogP contribution in [0.25, 0.3) is 0 Å². The molecule has 2 aromatic rings. The fourth-order valence-corrected chi connectivity index (χ4v) is 3.99. The van der Waals surface area contributed by atoms with Gasteiger partial charge in [-0.2, -0.15) is 0 Å². The number of nitrogens with zero attached hydrogens (tertiary/aromatic N) is 2. The van der Waals surface area contributed by atoms with Crippen molar-refractivity contribution in [1.29, 1.82) is 0 Å². The van der Waals surface area contributed by atoms with Crippen molar-refractivity contribution in [2.75, 3.05) is 13.1 Å². The predicted molar refractivity (Wildman–Crippen MR) is 112 cm³/mol. The number of imidazole rings is 1. The van der Waals surface area contributed by atoms with Gasteiger partial charge in [0.15, 0.2) is 0 Å². The highest BCUT2D eigenvalue weighted by Gasteiger charge is 2.51. The van der Waals surface area contributed by atoms with E-state index in [1.807, 2.05) is 37.9 Å². The fourth-order valence-electron chi connectivity index (χ4n) is 3.99. The van der Waals surface area contributed by atoms with Crippen LogP contribution in [0.1, 0.15) is 57.2 Å². The summed E-state index contributed by atoms with van der Waals surface area (Å²) in [5, 5.41) is 3.54. The zero-order chi connectivity index (χ0) is 20.5. The first kappa shape index (κ1) is 20.0. The molecule has 4 rings (SSSR count). The number of carbonyl (C=O) groups excluding carboxylic acids is 1. The standard InChI is InChI=1S/C23H32N4O2/c1-22(2,3)29-21(28)27(20-11-19(20)17-7-5-4-6-8-17)15-23(9-10-23)14-24-12-18-13-25-16-26-18/h4-8,13,16,19-20,24H,9-12,14-15H2,1-3H3,(H,25,26)/t19?,20-/m0/s1. The number of aromatic nitrogens is 2. The van der Waals surface area contributed by atoms with Gasteiger partial charge in [-0.05, 0) is 45.6 Å². The summed E-state index contributed by atoms with van der Waals surface area (Å²) in [6.07, 6.45) is 6.66. The van der Waals surface area contributed by atoms with Gasteiger partial charge in [-0.1, -0.05) is 30.3 Å². The SMILES string of the molecule is CC(C)(C)OC(=O)N(CC1(CNCc2cnc[nH]2)CC1)[C@H]1CC1c1ccccc1. The molecule has 29 heavy (non-hydrogen) atoms. The minimum Gasteiger partial charge on any atom is -0.444 e. The third kappa shape index (κ3) is 5.18. The van der Waals surface area contributed by atoms with Crippen molar-refractivity contribution in [1.82, 2.24) is 20.2 Å². The first-order valence-corrected chi connectivity index (χ1v) is 10.6. The second-order valence-corrected chi connectivity index (χ2v) is 9.61. The summed E-state index contributed by atoms with van der Waals surface area (Å²) >= 11 is 0. The Morgan fingerprint density at radius 2 is 2.07 bits per heavy atom. The molecule has 1 aromatic carbocycles. The summed E-state index contributed by atoms with van der Waals surface area (Å²) < 4.78 is 5.78. The number of aromatic amines is 1. The molecule has 2 fully saturated rings. The molecule has 2 atom stereocenters. The van der Waals surface area contributed by atoms with Gasteiger partial charge >= 0.3 is 6.09 Å². The van der Waals surface area contributed by atoms with Gasteiger partial charge in [-0.3, -0.25) is 0 Å². The molecule has 0 bridgehead atoms. The normalized spacial score (nSPS) is 22.2. The van der Waals surface area contributed by atoms with Crippen molar-refractivity contribution >= 4 is 6.09 Å². The van der Waals surface area contributed by atoms with Crippen molar-refractivity contribution < 1.29 is 9.53 Å². The minimum absolute atomic E-state index is 0.154. The highest BCUT2D eigenvalue weighted by molar-refractivity contribution is 5.69.